The van der Waals surface area contributed by atoms with Gasteiger partial charge in [0.05, 0.1) is 18.8 Å². The zero-order chi connectivity index (χ0) is 15.8. The Kier molecular flexibility index (Phi) is 4.22. The Morgan fingerprint density at radius 2 is 2.22 bits per heavy atom. The summed E-state index contributed by atoms with van der Waals surface area (Å²) >= 11 is 3.53. The number of halogens is 1. The van der Waals surface area contributed by atoms with Crippen LogP contribution in [0.1, 0.15) is 55.1 Å². The molecule has 122 valence electrons. The monoisotopic (exact) mass is 377 g/mol. The molecule has 6 heteroatoms. The average molecular weight is 378 g/mol. The Balaban J connectivity index is 1.47. The van der Waals surface area contributed by atoms with Crippen LogP contribution in [0, 0.1) is 0 Å². The van der Waals surface area contributed by atoms with Gasteiger partial charge in [-0.2, -0.15) is 4.98 Å². The second-order valence-electron chi connectivity index (χ2n) is 6.35. The van der Waals surface area contributed by atoms with Crippen molar-refractivity contribution < 1.29 is 9.26 Å². The third-order valence-corrected chi connectivity index (χ3v) is 5.12. The molecule has 4 rings (SSSR count). The number of hydrogen-bond acceptors (Lipinski definition) is 5. The first-order valence-electron chi connectivity index (χ1n) is 8.15. The highest BCUT2D eigenvalue weighted by Crippen LogP contribution is 2.39. The first-order chi connectivity index (χ1) is 11.2. The van der Waals surface area contributed by atoms with Gasteiger partial charge < -0.3 is 9.26 Å². The van der Waals surface area contributed by atoms with Crippen molar-refractivity contribution in [2.75, 3.05) is 19.7 Å². The van der Waals surface area contributed by atoms with Crippen molar-refractivity contribution >= 4 is 15.9 Å². The highest BCUT2D eigenvalue weighted by atomic mass is 79.9. The summed E-state index contributed by atoms with van der Waals surface area (Å²) in [7, 11) is 0. The number of rotatable bonds is 4. The van der Waals surface area contributed by atoms with Crippen LogP contribution in [-0.4, -0.2) is 34.7 Å². The van der Waals surface area contributed by atoms with Gasteiger partial charge in [0.15, 0.2) is 5.82 Å². The van der Waals surface area contributed by atoms with Gasteiger partial charge in [-0.25, -0.2) is 0 Å². The van der Waals surface area contributed by atoms with E-state index in [2.05, 4.69) is 50.0 Å². The van der Waals surface area contributed by atoms with Crippen LogP contribution in [0.5, 0.6) is 0 Å². The number of morpholine rings is 1. The van der Waals surface area contributed by atoms with Gasteiger partial charge in [-0.05, 0) is 37.5 Å². The van der Waals surface area contributed by atoms with Gasteiger partial charge in [-0.1, -0.05) is 33.2 Å². The maximum atomic E-state index is 5.96. The molecule has 0 spiro atoms. The molecule has 1 aromatic carbocycles. The van der Waals surface area contributed by atoms with Crippen LogP contribution in [-0.2, 0) is 4.74 Å². The van der Waals surface area contributed by atoms with E-state index < -0.39 is 0 Å². The number of benzene rings is 1. The first kappa shape index (κ1) is 15.3. The molecule has 1 aliphatic heterocycles. The van der Waals surface area contributed by atoms with Gasteiger partial charge in [0.25, 0.3) is 0 Å². The molecular weight excluding hydrogens is 358 g/mol. The highest BCUT2D eigenvalue weighted by Gasteiger charge is 2.32. The fraction of sp³-hybridized carbons (Fsp3) is 0.529. The molecule has 5 nitrogen and oxygen atoms in total. The van der Waals surface area contributed by atoms with E-state index in [1.807, 2.05) is 12.1 Å². The number of nitrogens with zero attached hydrogens (tertiary/aromatic N) is 3. The van der Waals surface area contributed by atoms with Crippen molar-refractivity contribution in [3.8, 4) is 0 Å². The van der Waals surface area contributed by atoms with Crippen LogP contribution in [0.15, 0.2) is 33.3 Å². The van der Waals surface area contributed by atoms with E-state index in [-0.39, 0.29) is 12.1 Å². The van der Waals surface area contributed by atoms with Gasteiger partial charge in [0.1, 0.15) is 0 Å². The lowest BCUT2D eigenvalue weighted by Gasteiger charge is -2.35. The highest BCUT2D eigenvalue weighted by molar-refractivity contribution is 9.10. The fourth-order valence-corrected chi connectivity index (χ4v) is 3.43. The summed E-state index contributed by atoms with van der Waals surface area (Å²) in [6.45, 7) is 4.56. The van der Waals surface area contributed by atoms with E-state index in [1.165, 1.54) is 18.4 Å². The smallest absolute Gasteiger partial charge is 0.243 e. The van der Waals surface area contributed by atoms with Gasteiger partial charge >= 0.3 is 0 Å². The largest absolute Gasteiger partial charge is 0.371 e. The predicted octanol–water partition coefficient (Wildman–Crippen LogP) is 3.84. The number of aromatic nitrogens is 2. The second kappa shape index (κ2) is 6.34. The van der Waals surface area contributed by atoms with Crippen molar-refractivity contribution in [2.45, 2.75) is 37.8 Å². The average Bonchev–Trinajstić information content (AvgIpc) is 3.31. The zero-order valence-corrected chi connectivity index (χ0v) is 14.7. The minimum atomic E-state index is 0.0783. The van der Waals surface area contributed by atoms with Crippen LogP contribution in [0.2, 0.25) is 0 Å². The van der Waals surface area contributed by atoms with Gasteiger partial charge in [0.2, 0.25) is 5.89 Å². The Bertz CT molecular complexity index is 686. The van der Waals surface area contributed by atoms with Crippen LogP contribution in [0.4, 0.5) is 0 Å². The summed E-state index contributed by atoms with van der Waals surface area (Å²) in [5, 5.41) is 4.13. The maximum Gasteiger partial charge on any atom is 0.243 e. The van der Waals surface area contributed by atoms with Gasteiger partial charge in [0, 0.05) is 23.5 Å². The third kappa shape index (κ3) is 3.34. The van der Waals surface area contributed by atoms with E-state index in [0.29, 0.717) is 12.5 Å². The van der Waals surface area contributed by atoms with Crippen molar-refractivity contribution in [2.24, 2.45) is 0 Å². The van der Waals surface area contributed by atoms with Crippen LogP contribution < -0.4 is 0 Å². The Morgan fingerprint density at radius 3 is 3.00 bits per heavy atom. The summed E-state index contributed by atoms with van der Waals surface area (Å²) < 4.78 is 12.5. The topological polar surface area (TPSA) is 51.4 Å². The van der Waals surface area contributed by atoms with E-state index >= 15 is 0 Å². The normalized spacial score (nSPS) is 23.8. The van der Waals surface area contributed by atoms with Crippen molar-refractivity contribution in [3.63, 3.8) is 0 Å². The van der Waals surface area contributed by atoms with Crippen LogP contribution >= 0.6 is 15.9 Å². The zero-order valence-electron chi connectivity index (χ0n) is 13.1. The quantitative estimate of drug-likeness (QED) is 0.809. The molecule has 2 aliphatic rings. The molecule has 2 heterocycles. The van der Waals surface area contributed by atoms with Crippen LogP contribution in [0.25, 0.3) is 0 Å². The number of hydrogen-bond donors (Lipinski definition) is 0. The molecule has 1 saturated heterocycles. The molecule has 2 atom stereocenters. The van der Waals surface area contributed by atoms with E-state index in [0.717, 1.165) is 29.3 Å². The molecule has 2 fully saturated rings. The standard InChI is InChI=1S/C17H20BrN3O2/c1-11(17-19-16(20-23-17)12-5-6-12)21-7-8-22-15(10-21)13-3-2-4-14(18)9-13/h2-4,9,11-12,15H,5-8,10H2,1H3. The Morgan fingerprint density at radius 1 is 1.35 bits per heavy atom. The summed E-state index contributed by atoms with van der Waals surface area (Å²) in [6, 6.07) is 8.43. The molecule has 2 aromatic rings. The van der Waals surface area contributed by atoms with E-state index in [9.17, 15) is 0 Å². The minimum absolute atomic E-state index is 0.0783. The second-order valence-corrected chi connectivity index (χ2v) is 7.27. The van der Waals surface area contributed by atoms with E-state index in [1.54, 1.807) is 0 Å². The summed E-state index contributed by atoms with van der Waals surface area (Å²) in [5.74, 6) is 2.13. The summed E-state index contributed by atoms with van der Waals surface area (Å²) in [6.07, 6.45) is 2.46. The lowest BCUT2D eigenvalue weighted by atomic mass is 10.1. The molecule has 23 heavy (non-hydrogen) atoms. The van der Waals surface area contributed by atoms with Crippen LogP contribution in [0.3, 0.4) is 0 Å². The maximum absolute atomic E-state index is 5.96. The van der Waals surface area contributed by atoms with Gasteiger partial charge in [-0.15, -0.1) is 0 Å². The molecule has 0 bridgehead atoms. The summed E-state index contributed by atoms with van der Waals surface area (Å²) in [4.78, 5) is 6.95. The molecule has 0 radical (unpaired) electrons. The first-order valence-corrected chi connectivity index (χ1v) is 8.94. The fourth-order valence-electron chi connectivity index (χ4n) is 3.01. The molecule has 1 aromatic heterocycles. The summed E-state index contributed by atoms with van der Waals surface area (Å²) in [5.41, 5.74) is 1.19. The number of ether oxygens (including phenoxy) is 1. The minimum Gasteiger partial charge on any atom is -0.371 e. The molecule has 1 saturated carbocycles. The predicted molar refractivity (Wildman–Crippen MR) is 89.1 cm³/mol. The lowest BCUT2D eigenvalue weighted by molar-refractivity contribution is -0.0469. The van der Waals surface area contributed by atoms with E-state index in [4.69, 9.17) is 9.26 Å². The molecule has 0 N–H and O–H groups in total. The Labute approximate surface area is 144 Å². The Hall–Kier alpha value is -1.24. The van der Waals surface area contributed by atoms with Crippen molar-refractivity contribution in [1.82, 2.24) is 15.0 Å². The molecule has 0 amide bonds. The van der Waals surface area contributed by atoms with Gasteiger partial charge in [-0.3, -0.25) is 4.90 Å². The van der Waals surface area contributed by atoms with Crippen molar-refractivity contribution in [1.29, 1.82) is 0 Å². The van der Waals surface area contributed by atoms with Crippen molar-refractivity contribution in [3.05, 3.63) is 46.0 Å². The lowest BCUT2D eigenvalue weighted by Crippen LogP contribution is -2.40. The SMILES string of the molecule is CC(c1nc(C2CC2)no1)N1CCOC(c2cccc(Br)c2)C1. The molecule has 1 aliphatic carbocycles. The molecular formula is C17H20BrN3O2. The third-order valence-electron chi connectivity index (χ3n) is 4.62. The molecule has 2 unspecified atom stereocenters.